The summed E-state index contributed by atoms with van der Waals surface area (Å²) < 4.78 is 16.8. The lowest BCUT2D eigenvalue weighted by Gasteiger charge is -2.17. The van der Waals surface area contributed by atoms with Crippen molar-refractivity contribution in [1.82, 2.24) is 10.6 Å². The molecule has 0 radical (unpaired) electrons. The zero-order valence-electron chi connectivity index (χ0n) is 25.3. The zero-order chi connectivity index (χ0) is 27.7. The number of benzene rings is 3. The number of halogens is 3. The normalized spacial score (nSPS) is 10.2. The Labute approximate surface area is 271 Å². The molecule has 9 heteroatoms. The van der Waals surface area contributed by atoms with E-state index in [0.29, 0.717) is 0 Å². The molecule has 0 unspecified atom stereocenters. The van der Waals surface area contributed by atoms with Gasteiger partial charge < -0.3 is 30.6 Å². The SMILES string of the molecule is COc1cccc(CCc2c(CCNCCCCCCNCCc3ccc(N)cc3)ccc(OC)c2OC)c1.Cl.Cl.Cl. The van der Waals surface area contributed by atoms with Crippen LogP contribution >= 0.6 is 37.2 Å². The fourth-order valence-corrected chi connectivity index (χ4v) is 4.88. The van der Waals surface area contributed by atoms with Gasteiger partial charge in [0.05, 0.1) is 21.3 Å². The number of hydrogen-bond acceptors (Lipinski definition) is 6. The van der Waals surface area contributed by atoms with Gasteiger partial charge in [-0.05, 0) is 112 Å². The Morgan fingerprint density at radius 2 is 1.26 bits per heavy atom. The van der Waals surface area contributed by atoms with E-state index in [1.807, 2.05) is 30.3 Å². The van der Waals surface area contributed by atoms with Crippen molar-refractivity contribution in [3.8, 4) is 17.2 Å². The molecule has 0 spiro atoms. The first-order valence-electron chi connectivity index (χ1n) is 14.3. The molecule has 0 aliphatic carbocycles. The summed E-state index contributed by atoms with van der Waals surface area (Å²) in [6, 6.07) is 20.6. The Kier molecular flexibility index (Phi) is 21.9. The van der Waals surface area contributed by atoms with Gasteiger partial charge in [0.2, 0.25) is 0 Å². The summed E-state index contributed by atoms with van der Waals surface area (Å²) >= 11 is 0. The third-order valence-electron chi connectivity index (χ3n) is 7.14. The van der Waals surface area contributed by atoms with Crippen molar-refractivity contribution in [3.63, 3.8) is 0 Å². The maximum Gasteiger partial charge on any atom is 0.164 e. The van der Waals surface area contributed by atoms with Crippen LogP contribution < -0.4 is 30.6 Å². The first-order chi connectivity index (χ1) is 19.1. The van der Waals surface area contributed by atoms with Crippen LogP contribution in [-0.4, -0.2) is 47.5 Å². The van der Waals surface area contributed by atoms with Crippen LogP contribution in [0, 0.1) is 0 Å². The second-order valence-corrected chi connectivity index (χ2v) is 9.95. The number of ether oxygens (including phenoxy) is 3. The average molecular weight is 643 g/mol. The van der Waals surface area contributed by atoms with Crippen molar-refractivity contribution in [1.29, 1.82) is 0 Å². The molecule has 4 N–H and O–H groups in total. The van der Waals surface area contributed by atoms with Crippen LogP contribution in [0.25, 0.3) is 0 Å². The number of nitrogens with two attached hydrogens (primary N) is 1. The van der Waals surface area contributed by atoms with Crippen molar-refractivity contribution in [2.45, 2.75) is 51.4 Å². The Morgan fingerprint density at radius 3 is 1.88 bits per heavy atom. The highest BCUT2D eigenvalue weighted by molar-refractivity contribution is 5.86. The van der Waals surface area contributed by atoms with Crippen molar-refractivity contribution < 1.29 is 14.2 Å². The predicted molar refractivity (Wildman–Crippen MR) is 184 cm³/mol. The lowest BCUT2D eigenvalue weighted by molar-refractivity contribution is 0.351. The Bertz CT molecular complexity index is 1120. The average Bonchev–Trinajstić information content (AvgIpc) is 2.97. The van der Waals surface area contributed by atoms with Crippen molar-refractivity contribution in [3.05, 3.63) is 82.9 Å². The fraction of sp³-hybridized carbons (Fsp3) is 0.455. The summed E-state index contributed by atoms with van der Waals surface area (Å²) in [4.78, 5) is 0. The van der Waals surface area contributed by atoms with E-state index in [9.17, 15) is 0 Å². The molecule has 3 aromatic rings. The number of aryl methyl sites for hydroxylation is 1. The molecule has 0 amide bonds. The summed E-state index contributed by atoms with van der Waals surface area (Å²) in [6.45, 7) is 4.11. The van der Waals surface area contributed by atoms with Crippen LogP contribution in [0.15, 0.2) is 60.7 Å². The monoisotopic (exact) mass is 641 g/mol. The minimum Gasteiger partial charge on any atom is -0.497 e. The van der Waals surface area contributed by atoms with E-state index < -0.39 is 0 Å². The summed E-state index contributed by atoms with van der Waals surface area (Å²) in [7, 11) is 5.13. The third-order valence-corrected chi connectivity index (χ3v) is 7.14. The molecule has 0 heterocycles. The number of nitrogens with one attached hydrogen (secondary N) is 2. The Hall–Kier alpha value is -2.35. The number of rotatable bonds is 19. The summed E-state index contributed by atoms with van der Waals surface area (Å²) in [5.74, 6) is 2.52. The molecule has 42 heavy (non-hydrogen) atoms. The van der Waals surface area contributed by atoms with E-state index in [1.54, 1.807) is 21.3 Å². The predicted octanol–water partition coefficient (Wildman–Crippen LogP) is 6.87. The van der Waals surface area contributed by atoms with Gasteiger partial charge in [0.25, 0.3) is 0 Å². The lowest BCUT2D eigenvalue weighted by Crippen LogP contribution is -2.20. The van der Waals surface area contributed by atoms with Gasteiger partial charge in [0.15, 0.2) is 11.5 Å². The van der Waals surface area contributed by atoms with E-state index in [-0.39, 0.29) is 37.2 Å². The number of hydrogen-bond donors (Lipinski definition) is 3. The van der Waals surface area contributed by atoms with Crippen LogP contribution in [0.1, 0.15) is 47.9 Å². The fourth-order valence-electron chi connectivity index (χ4n) is 4.88. The molecule has 0 saturated heterocycles. The van der Waals surface area contributed by atoms with E-state index >= 15 is 0 Å². The van der Waals surface area contributed by atoms with Crippen molar-refractivity contribution in [2.75, 3.05) is 53.2 Å². The molecular weight excluding hydrogens is 593 g/mol. The smallest absolute Gasteiger partial charge is 0.164 e. The number of methoxy groups -OCH3 is 3. The van der Waals surface area contributed by atoms with E-state index in [4.69, 9.17) is 19.9 Å². The number of unbranched alkanes of at least 4 members (excludes halogenated alkanes) is 3. The maximum atomic E-state index is 5.80. The van der Waals surface area contributed by atoms with Crippen LogP contribution in [0.5, 0.6) is 17.2 Å². The minimum absolute atomic E-state index is 0. The van der Waals surface area contributed by atoms with Gasteiger partial charge in [-0.3, -0.25) is 0 Å². The zero-order valence-corrected chi connectivity index (χ0v) is 27.7. The van der Waals surface area contributed by atoms with Crippen molar-refractivity contribution in [2.24, 2.45) is 0 Å². The molecule has 0 aliphatic heterocycles. The van der Waals surface area contributed by atoms with Crippen LogP contribution in [-0.2, 0) is 25.7 Å². The van der Waals surface area contributed by atoms with E-state index in [0.717, 1.165) is 74.8 Å². The highest BCUT2D eigenvalue weighted by Gasteiger charge is 2.15. The van der Waals surface area contributed by atoms with Gasteiger partial charge in [0.1, 0.15) is 5.75 Å². The Morgan fingerprint density at radius 1 is 0.595 bits per heavy atom. The van der Waals surface area contributed by atoms with Gasteiger partial charge in [-0.15, -0.1) is 37.2 Å². The number of nitrogen functional groups attached to an aromatic ring is 1. The maximum absolute atomic E-state index is 5.80. The first kappa shape index (κ1) is 39.6. The molecule has 3 aromatic carbocycles. The number of anilines is 1. The lowest BCUT2D eigenvalue weighted by atomic mass is 9.96. The third kappa shape index (κ3) is 13.7. The molecule has 0 aromatic heterocycles. The molecular formula is C33H50Cl3N3O3. The summed E-state index contributed by atoms with van der Waals surface area (Å²) in [5.41, 5.74) is 11.7. The van der Waals surface area contributed by atoms with Crippen LogP contribution in [0.2, 0.25) is 0 Å². The Balaban J connectivity index is 0.00000560. The molecule has 3 rings (SSSR count). The largest absolute Gasteiger partial charge is 0.497 e. The second-order valence-electron chi connectivity index (χ2n) is 9.95. The van der Waals surface area contributed by atoms with Crippen LogP contribution in [0.4, 0.5) is 5.69 Å². The second kappa shape index (κ2) is 23.1. The summed E-state index contributed by atoms with van der Waals surface area (Å²) in [6.07, 6.45) is 8.77. The molecule has 0 atom stereocenters. The quantitative estimate of drug-likeness (QED) is 0.0979. The molecule has 0 aliphatic rings. The highest BCUT2D eigenvalue weighted by Crippen LogP contribution is 2.34. The molecule has 0 bridgehead atoms. The van der Waals surface area contributed by atoms with Crippen molar-refractivity contribution >= 4 is 42.9 Å². The minimum atomic E-state index is 0. The summed E-state index contributed by atoms with van der Waals surface area (Å²) in [5, 5.41) is 7.19. The standard InChI is InChI=1S/C33H47N3O3.3ClH/c1-37-30-10-8-9-27(25-30)13-17-31-28(14-18-32(38-2)33(31)39-3)20-24-36-22-7-5-4-6-21-35-23-19-26-11-15-29(34)16-12-26;;;/h8-12,14-16,18,25,35-36H,4-7,13,17,19-24,34H2,1-3H3;3*1H. The molecule has 6 nitrogen and oxygen atoms in total. The molecule has 0 fully saturated rings. The van der Waals surface area contributed by atoms with Gasteiger partial charge >= 0.3 is 0 Å². The first-order valence-corrected chi connectivity index (χ1v) is 14.3. The van der Waals surface area contributed by atoms with Crippen LogP contribution in [0.3, 0.4) is 0 Å². The van der Waals surface area contributed by atoms with Gasteiger partial charge in [0, 0.05) is 11.3 Å². The van der Waals surface area contributed by atoms with Gasteiger partial charge in [-0.2, -0.15) is 0 Å². The van der Waals surface area contributed by atoms with Gasteiger partial charge in [-0.25, -0.2) is 0 Å². The highest BCUT2D eigenvalue weighted by atomic mass is 35.5. The molecule has 0 saturated carbocycles. The molecule has 236 valence electrons. The van der Waals surface area contributed by atoms with E-state index in [2.05, 4.69) is 41.0 Å². The van der Waals surface area contributed by atoms with Gasteiger partial charge in [-0.1, -0.05) is 43.2 Å². The van der Waals surface area contributed by atoms with E-state index in [1.165, 1.54) is 47.9 Å². The topological polar surface area (TPSA) is 77.8 Å².